The Hall–Kier alpha value is -7.72. The van der Waals surface area contributed by atoms with E-state index in [9.17, 15) is 0 Å². The van der Waals surface area contributed by atoms with Crippen LogP contribution in [-0.2, 0) is 5.41 Å². The van der Waals surface area contributed by atoms with Crippen LogP contribution in [0.3, 0.4) is 0 Å². The molecule has 0 fully saturated rings. The van der Waals surface area contributed by atoms with Crippen LogP contribution in [-0.4, -0.2) is 8.07 Å². The standard InChI is InChI=1S/C59H41NOSi/c1-6-23-43(24-7-1)59(44-25-8-2-9-26-44)51-39-40-56-58(61-54-35-18-19-36-55(54)62(56,47-29-12-4-13-30-47)48-31-14-5-15-32-48)57(51)50-38-37-46(41-52(50)59)60(45-27-10-3-11-28-45)53-34-20-22-42-21-16-17-33-49(42)53/h1-41H. The van der Waals surface area contributed by atoms with E-state index in [-0.39, 0.29) is 0 Å². The predicted octanol–water partition coefficient (Wildman–Crippen LogP) is 12.2. The maximum absolute atomic E-state index is 7.43. The van der Waals surface area contributed by atoms with E-state index in [1.54, 1.807) is 0 Å². The molecule has 1 heterocycles. The van der Waals surface area contributed by atoms with Crippen LogP contribution in [0, 0.1) is 0 Å². The lowest BCUT2D eigenvalue weighted by Gasteiger charge is -2.41. The van der Waals surface area contributed by atoms with Gasteiger partial charge in [-0.3, -0.25) is 0 Å². The van der Waals surface area contributed by atoms with Crippen molar-refractivity contribution in [2.75, 3.05) is 4.90 Å². The first-order valence-electron chi connectivity index (χ1n) is 21.4. The highest BCUT2D eigenvalue weighted by molar-refractivity contribution is 7.20. The topological polar surface area (TPSA) is 12.5 Å². The number of rotatable bonds is 7. The number of anilines is 3. The average Bonchev–Trinajstić information content (AvgIpc) is 3.66. The van der Waals surface area contributed by atoms with E-state index in [4.69, 9.17) is 4.74 Å². The molecule has 1 aliphatic carbocycles. The molecule has 0 saturated heterocycles. The fourth-order valence-electron chi connectivity index (χ4n) is 10.8. The minimum Gasteiger partial charge on any atom is -0.457 e. The van der Waals surface area contributed by atoms with Crippen LogP contribution in [0.1, 0.15) is 22.3 Å². The number of benzene rings is 10. The smallest absolute Gasteiger partial charge is 0.188 e. The highest BCUT2D eigenvalue weighted by Crippen LogP contribution is 2.60. The van der Waals surface area contributed by atoms with Gasteiger partial charge in [0, 0.05) is 22.3 Å². The summed E-state index contributed by atoms with van der Waals surface area (Å²) in [7, 11) is -2.92. The van der Waals surface area contributed by atoms with Gasteiger partial charge in [-0.25, -0.2) is 0 Å². The van der Waals surface area contributed by atoms with Crippen molar-refractivity contribution in [3.05, 3.63) is 271 Å². The zero-order valence-electron chi connectivity index (χ0n) is 34.0. The molecule has 12 rings (SSSR count). The molecule has 0 atom stereocenters. The van der Waals surface area contributed by atoms with E-state index in [1.165, 1.54) is 59.3 Å². The second-order valence-electron chi connectivity index (χ2n) is 16.3. The molecule has 0 saturated carbocycles. The van der Waals surface area contributed by atoms with Crippen LogP contribution in [0.25, 0.3) is 21.9 Å². The Kier molecular flexibility index (Phi) is 8.44. The highest BCUT2D eigenvalue weighted by Gasteiger charge is 2.53. The van der Waals surface area contributed by atoms with Gasteiger partial charge in [0.2, 0.25) is 0 Å². The van der Waals surface area contributed by atoms with Gasteiger partial charge < -0.3 is 9.64 Å². The van der Waals surface area contributed by atoms with Crippen LogP contribution in [0.15, 0.2) is 249 Å². The van der Waals surface area contributed by atoms with Gasteiger partial charge in [-0.1, -0.05) is 212 Å². The van der Waals surface area contributed by atoms with Crippen molar-refractivity contribution in [2.24, 2.45) is 0 Å². The summed E-state index contributed by atoms with van der Waals surface area (Å²) >= 11 is 0. The normalized spacial score (nSPS) is 13.9. The van der Waals surface area contributed by atoms with Gasteiger partial charge in [0.25, 0.3) is 0 Å². The summed E-state index contributed by atoms with van der Waals surface area (Å²) in [6.45, 7) is 0. The van der Waals surface area contributed by atoms with Gasteiger partial charge >= 0.3 is 0 Å². The fourth-order valence-corrected chi connectivity index (χ4v) is 15.7. The number of para-hydroxylation sites is 2. The fraction of sp³-hybridized carbons (Fsp3) is 0.0169. The molecule has 0 amide bonds. The van der Waals surface area contributed by atoms with Crippen molar-refractivity contribution in [2.45, 2.75) is 5.41 Å². The molecule has 10 aromatic rings. The lowest BCUT2D eigenvalue weighted by molar-refractivity contribution is 0.488. The van der Waals surface area contributed by atoms with E-state index in [0.717, 1.165) is 34.1 Å². The third-order valence-electron chi connectivity index (χ3n) is 13.3. The Balaban J connectivity index is 1.21. The lowest BCUT2D eigenvalue weighted by Crippen LogP contribution is -2.76. The van der Waals surface area contributed by atoms with Gasteiger partial charge in [-0.15, -0.1) is 0 Å². The molecule has 0 radical (unpaired) electrons. The summed E-state index contributed by atoms with van der Waals surface area (Å²) < 4.78 is 7.43. The maximum Gasteiger partial charge on any atom is 0.188 e. The van der Waals surface area contributed by atoms with Crippen molar-refractivity contribution in [3.8, 4) is 22.6 Å². The third-order valence-corrected chi connectivity index (χ3v) is 18.1. The number of nitrogens with zero attached hydrogens (tertiary/aromatic N) is 1. The van der Waals surface area contributed by atoms with Gasteiger partial charge in [-0.2, -0.15) is 0 Å². The Bertz CT molecular complexity index is 3180. The number of ether oxygens (including phenoxy) is 1. The Morgan fingerprint density at radius 3 is 1.65 bits per heavy atom. The third kappa shape index (κ3) is 5.22. The van der Waals surface area contributed by atoms with Crippen molar-refractivity contribution >= 4 is 56.7 Å². The summed E-state index contributed by atoms with van der Waals surface area (Å²) in [5.74, 6) is 1.88. The van der Waals surface area contributed by atoms with Crippen LogP contribution in [0.4, 0.5) is 17.1 Å². The number of fused-ring (bicyclic) bond motifs is 7. The molecule has 62 heavy (non-hydrogen) atoms. The maximum atomic E-state index is 7.43. The summed E-state index contributed by atoms with van der Waals surface area (Å²) in [5.41, 5.74) is 9.88. The minimum atomic E-state index is -2.92. The largest absolute Gasteiger partial charge is 0.457 e. The van der Waals surface area contributed by atoms with Gasteiger partial charge in [0.05, 0.1) is 11.1 Å². The van der Waals surface area contributed by atoms with Crippen molar-refractivity contribution < 1.29 is 4.74 Å². The van der Waals surface area contributed by atoms with E-state index >= 15 is 0 Å². The molecule has 0 N–H and O–H groups in total. The summed E-state index contributed by atoms with van der Waals surface area (Å²) in [4.78, 5) is 2.43. The summed E-state index contributed by atoms with van der Waals surface area (Å²) in [6.07, 6.45) is 0. The Morgan fingerprint density at radius 1 is 0.403 bits per heavy atom. The minimum absolute atomic E-state index is 0.663. The monoisotopic (exact) mass is 807 g/mol. The van der Waals surface area contributed by atoms with Gasteiger partial charge in [-0.05, 0) is 90.3 Å². The summed E-state index contributed by atoms with van der Waals surface area (Å²) in [5, 5.41) is 7.61. The first-order chi connectivity index (χ1) is 30.8. The average molecular weight is 808 g/mol. The molecule has 3 heteroatoms. The second kappa shape index (κ2) is 14.5. The second-order valence-corrected chi connectivity index (χ2v) is 20.1. The Labute approximate surface area is 363 Å². The van der Waals surface area contributed by atoms with Crippen LogP contribution in [0.5, 0.6) is 11.5 Å². The van der Waals surface area contributed by atoms with E-state index < -0.39 is 13.5 Å². The van der Waals surface area contributed by atoms with E-state index in [0.29, 0.717) is 0 Å². The molecule has 0 spiro atoms. The highest BCUT2D eigenvalue weighted by atomic mass is 28.3. The predicted molar refractivity (Wildman–Crippen MR) is 260 cm³/mol. The SMILES string of the molecule is c1ccc(N(c2ccc3c(c2)C(c2ccccc2)(c2ccccc2)c2ccc4c(c2-3)Oc2ccccc2[Si]4(c2ccccc2)c2ccccc2)c2cccc3ccccc23)cc1. The molecule has 1 aliphatic heterocycles. The number of hydrogen-bond donors (Lipinski definition) is 0. The molecule has 0 bridgehead atoms. The van der Waals surface area contributed by atoms with E-state index in [2.05, 4.69) is 254 Å². The van der Waals surface area contributed by atoms with Crippen LogP contribution in [0.2, 0.25) is 0 Å². The molecule has 292 valence electrons. The first kappa shape index (κ1) is 36.2. The lowest BCUT2D eigenvalue weighted by atomic mass is 9.67. The van der Waals surface area contributed by atoms with Crippen molar-refractivity contribution in [1.29, 1.82) is 0 Å². The number of hydrogen-bond acceptors (Lipinski definition) is 2. The van der Waals surface area contributed by atoms with Gasteiger partial charge in [0.1, 0.15) is 11.5 Å². The quantitative estimate of drug-likeness (QED) is 0.149. The molecule has 0 aromatic heterocycles. The molecule has 10 aromatic carbocycles. The van der Waals surface area contributed by atoms with Crippen molar-refractivity contribution in [3.63, 3.8) is 0 Å². The van der Waals surface area contributed by atoms with Crippen molar-refractivity contribution in [1.82, 2.24) is 0 Å². The molecular weight excluding hydrogens is 767 g/mol. The zero-order valence-corrected chi connectivity index (χ0v) is 35.0. The molecule has 2 aliphatic rings. The Morgan fingerprint density at radius 2 is 0.968 bits per heavy atom. The molecule has 0 unspecified atom stereocenters. The first-order valence-corrected chi connectivity index (χ1v) is 23.4. The van der Waals surface area contributed by atoms with Crippen LogP contribution < -0.4 is 30.4 Å². The molecule has 2 nitrogen and oxygen atoms in total. The summed E-state index contributed by atoms with van der Waals surface area (Å²) in [6, 6.07) is 91.5. The van der Waals surface area contributed by atoms with E-state index in [1.807, 2.05) is 0 Å². The zero-order chi connectivity index (χ0) is 41.1. The molecular formula is C59H41NOSi. The van der Waals surface area contributed by atoms with Crippen LogP contribution >= 0.6 is 0 Å². The van der Waals surface area contributed by atoms with Gasteiger partial charge in [0.15, 0.2) is 8.07 Å².